The topological polar surface area (TPSA) is 53.5 Å². The molecule has 3 aliphatic heterocycles. The second-order valence-electron chi connectivity index (χ2n) is 5.51. The van der Waals surface area contributed by atoms with Crippen LogP contribution in [0, 0.1) is 3.57 Å². The lowest BCUT2D eigenvalue weighted by Gasteiger charge is -2.46. The summed E-state index contributed by atoms with van der Waals surface area (Å²) in [5.41, 5.74) is 0.983. The number of halogens is 1. The Hall–Kier alpha value is -0.510. The van der Waals surface area contributed by atoms with Crippen LogP contribution in [0.1, 0.15) is 24.5 Å². The number of anilines is 1. The summed E-state index contributed by atoms with van der Waals surface area (Å²) < 4.78 is 6.37. The number of hydrogen-bond donors (Lipinski definition) is 1. The van der Waals surface area contributed by atoms with Gasteiger partial charge >= 0.3 is 0 Å². The maximum absolute atomic E-state index is 5.30. The number of rotatable bonds is 5. The van der Waals surface area contributed by atoms with Crippen LogP contribution in [-0.4, -0.2) is 66.1 Å². The fraction of sp³-hybridized carbons (Fsp3) is 0.714. The first kappa shape index (κ1) is 15.4. The molecule has 2 bridgehead atoms. The first-order valence-electron chi connectivity index (χ1n) is 7.48. The van der Waals surface area contributed by atoms with E-state index in [-0.39, 0.29) is 0 Å². The van der Waals surface area contributed by atoms with Gasteiger partial charge in [-0.3, -0.25) is 9.80 Å². The van der Waals surface area contributed by atoms with Crippen LogP contribution < -0.4 is 5.32 Å². The summed E-state index contributed by atoms with van der Waals surface area (Å²) in [6.07, 6.45) is 0. The highest BCUT2D eigenvalue weighted by molar-refractivity contribution is 14.1. The summed E-state index contributed by atoms with van der Waals surface area (Å²) in [4.78, 5) is 14.6. The highest BCUT2D eigenvalue weighted by atomic mass is 127. The van der Waals surface area contributed by atoms with Crippen molar-refractivity contribution in [1.29, 1.82) is 0 Å². The standard InChI is InChI=1S/C14H22IN5O/c1-3-16-14-12(15)10(9-21-2)17-13(18-14)11-8-19-4-6-20(11)7-5-19/h11H,3-9H2,1-2H3,(H,16,17,18). The average molecular weight is 403 g/mol. The van der Waals surface area contributed by atoms with Gasteiger partial charge in [-0.15, -0.1) is 0 Å². The summed E-state index contributed by atoms with van der Waals surface area (Å²) in [5.74, 6) is 1.87. The summed E-state index contributed by atoms with van der Waals surface area (Å²) >= 11 is 2.31. The van der Waals surface area contributed by atoms with Crippen molar-refractivity contribution >= 4 is 28.4 Å². The Morgan fingerprint density at radius 1 is 1.29 bits per heavy atom. The Labute approximate surface area is 139 Å². The van der Waals surface area contributed by atoms with E-state index in [1.54, 1.807) is 7.11 Å². The summed E-state index contributed by atoms with van der Waals surface area (Å²) in [7, 11) is 1.71. The molecule has 0 aliphatic carbocycles. The predicted octanol–water partition coefficient (Wildman–Crippen LogP) is 1.33. The Balaban J connectivity index is 1.93. The van der Waals surface area contributed by atoms with Gasteiger partial charge in [-0.2, -0.15) is 0 Å². The van der Waals surface area contributed by atoms with Crippen LogP contribution in [0.15, 0.2) is 0 Å². The van der Waals surface area contributed by atoms with Crippen LogP contribution >= 0.6 is 22.6 Å². The molecule has 4 rings (SSSR count). The number of aromatic nitrogens is 2. The highest BCUT2D eigenvalue weighted by Gasteiger charge is 2.35. The van der Waals surface area contributed by atoms with E-state index in [9.17, 15) is 0 Å². The molecule has 3 fully saturated rings. The van der Waals surface area contributed by atoms with E-state index in [4.69, 9.17) is 14.7 Å². The molecule has 4 heterocycles. The van der Waals surface area contributed by atoms with E-state index in [0.29, 0.717) is 12.6 Å². The van der Waals surface area contributed by atoms with Gasteiger partial charge in [-0.1, -0.05) is 0 Å². The first-order valence-corrected chi connectivity index (χ1v) is 8.56. The third-order valence-corrected chi connectivity index (χ3v) is 5.27. The predicted molar refractivity (Wildman–Crippen MR) is 90.4 cm³/mol. The minimum absolute atomic E-state index is 0.317. The van der Waals surface area contributed by atoms with Gasteiger partial charge in [0, 0.05) is 46.4 Å². The molecule has 0 aromatic carbocycles. The van der Waals surface area contributed by atoms with Crippen molar-refractivity contribution in [2.75, 3.05) is 51.7 Å². The number of nitrogens with one attached hydrogen (secondary N) is 1. The Morgan fingerprint density at radius 2 is 2.05 bits per heavy atom. The molecule has 0 amide bonds. The quantitative estimate of drug-likeness (QED) is 0.749. The monoisotopic (exact) mass is 403 g/mol. The van der Waals surface area contributed by atoms with Gasteiger partial charge < -0.3 is 10.1 Å². The molecule has 6 nitrogen and oxygen atoms in total. The number of piperazine rings is 3. The van der Waals surface area contributed by atoms with Gasteiger partial charge in [-0.25, -0.2) is 9.97 Å². The van der Waals surface area contributed by atoms with Crippen LogP contribution in [0.3, 0.4) is 0 Å². The van der Waals surface area contributed by atoms with Crippen molar-refractivity contribution in [3.8, 4) is 0 Å². The maximum atomic E-state index is 5.30. The summed E-state index contributed by atoms with van der Waals surface area (Å²) in [5, 5.41) is 3.35. The average Bonchev–Trinajstić information content (AvgIpc) is 2.52. The molecule has 0 spiro atoms. The number of nitrogens with zero attached hydrogens (tertiary/aromatic N) is 4. The van der Waals surface area contributed by atoms with Gasteiger partial charge in [0.2, 0.25) is 0 Å². The minimum Gasteiger partial charge on any atom is -0.378 e. The Morgan fingerprint density at radius 3 is 2.62 bits per heavy atom. The Kier molecular flexibility index (Phi) is 4.92. The number of ether oxygens (including phenoxy) is 1. The van der Waals surface area contributed by atoms with Crippen LogP contribution in [-0.2, 0) is 11.3 Å². The fourth-order valence-electron chi connectivity index (χ4n) is 3.04. The zero-order chi connectivity index (χ0) is 14.8. The minimum atomic E-state index is 0.317. The van der Waals surface area contributed by atoms with Crippen molar-refractivity contribution < 1.29 is 4.74 Å². The van der Waals surface area contributed by atoms with Gasteiger partial charge in [0.1, 0.15) is 11.6 Å². The number of fused-ring (bicyclic) bond motifs is 3. The van der Waals surface area contributed by atoms with Crippen molar-refractivity contribution in [2.45, 2.75) is 19.6 Å². The van der Waals surface area contributed by atoms with Gasteiger partial charge in [0.05, 0.1) is 21.9 Å². The molecule has 1 aromatic heterocycles. The first-order chi connectivity index (χ1) is 10.2. The van der Waals surface area contributed by atoms with Gasteiger partial charge in [0.15, 0.2) is 0 Å². The van der Waals surface area contributed by atoms with E-state index in [1.807, 2.05) is 0 Å². The van der Waals surface area contributed by atoms with Crippen molar-refractivity contribution in [2.24, 2.45) is 0 Å². The van der Waals surface area contributed by atoms with E-state index >= 15 is 0 Å². The number of methoxy groups -OCH3 is 1. The number of hydrogen-bond acceptors (Lipinski definition) is 6. The van der Waals surface area contributed by atoms with E-state index in [1.165, 1.54) is 13.1 Å². The molecular formula is C14H22IN5O. The van der Waals surface area contributed by atoms with Crippen LogP contribution in [0.4, 0.5) is 5.82 Å². The van der Waals surface area contributed by atoms with E-state index in [0.717, 1.165) is 47.1 Å². The lowest BCUT2D eigenvalue weighted by molar-refractivity contribution is 0.00845. The molecule has 0 saturated carbocycles. The van der Waals surface area contributed by atoms with Crippen molar-refractivity contribution in [3.05, 3.63) is 15.1 Å². The maximum Gasteiger partial charge on any atom is 0.149 e. The molecule has 21 heavy (non-hydrogen) atoms. The van der Waals surface area contributed by atoms with Crippen LogP contribution in [0.5, 0.6) is 0 Å². The van der Waals surface area contributed by atoms with E-state index in [2.05, 4.69) is 44.6 Å². The molecule has 7 heteroatoms. The Bertz CT molecular complexity index is 477. The fourth-order valence-corrected chi connectivity index (χ4v) is 3.63. The van der Waals surface area contributed by atoms with E-state index < -0.39 is 0 Å². The summed E-state index contributed by atoms with van der Waals surface area (Å²) in [6.45, 7) is 9.11. The van der Waals surface area contributed by atoms with Crippen LogP contribution in [0.25, 0.3) is 0 Å². The molecule has 1 aromatic rings. The molecule has 0 radical (unpaired) electrons. The largest absolute Gasteiger partial charge is 0.378 e. The lowest BCUT2D eigenvalue weighted by atomic mass is 10.1. The molecule has 1 N–H and O–H groups in total. The molecule has 1 atom stereocenters. The second-order valence-corrected chi connectivity index (χ2v) is 6.59. The molecule has 116 valence electrons. The highest BCUT2D eigenvalue weighted by Crippen LogP contribution is 2.29. The molecular weight excluding hydrogens is 381 g/mol. The second kappa shape index (κ2) is 6.72. The lowest BCUT2D eigenvalue weighted by Crippen LogP contribution is -2.57. The SMILES string of the molecule is CCNc1nc(C2CN3CCN2CC3)nc(COC)c1I. The third-order valence-electron chi connectivity index (χ3n) is 4.14. The van der Waals surface area contributed by atoms with Gasteiger partial charge in [0.25, 0.3) is 0 Å². The van der Waals surface area contributed by atoms with Crippen molar-refractivity contribution in [1.82, 2.24) is 19.8 Å². The molecule has 3 aliphatic rings. The van der Waals surface area contributed by atoms with Crippen molar-refractivity contribution in [3.63, 3.8) is 0 Å². The summed E-state index contributed by atoms with van der Waals surface area (Å²) in [6, 6.07) is 0.317. The third kappa shape index (κ3) is 3.15. The van der Waals surface area contributed by atoms with Gasteiger partial charge in [-0.05, 0) is 29.5 Å². The smallest absolute Gasteiger partial charge is 0.149 e. The van der Waals surface area contributed by atoms with Crippen LogP contribution in [0.2, 0.25) is 0 Å². The normalized spacial score (nSPS) is 27.9. The molecule has 3 saturated heterocycles. The zero-order valence-corrected chi connectivity index (χ0v) is 14.8. The zero-order valence-electron chi connectivity index (χ0n) is 12.6. The molecule has 1 unspecified atom stereocenters.